The molecule has 96 valence electrons. The van der Waals surface area contributed by atoms with E-state index in [0.717, 1.165) is 25.4 Å². The van der Waals surface area contributed by atoms with Gasteiger partial charge in [0, 0.05) is 6.54 Å². The highest BCUT2D eigenvalue weighted by molar-refractivity contribution is 5.84. The van der Waals surface area contributed by atoms with Crippen LogP contribution in [0.25, 0.3) is 0 Å². The van der Waals surface area contributed by atoms with Crippen LogP contribution in [-0.2, 0) is 6.54 Å². The first-order chi connectivity index (χ1) is 8.09. The van der Waals surface area contributed by atoms with Gasteiger partial charge in [-0.05, 0) is 25.3 Å². The summed E-state index contributed by atoms with van der Waals surface area (Å²) in [5, 5.41) is 19.2. The minimum absolute atomic E-state index is 0.00944. The fourth-order valence-corrected chi connectivity index (χ4v) is 1.46. The van der Waals surface area contributed by atoms with Gasteiger partial charge in [0.2, 0.25) is 0 Å². The molecule has 0 unspecified atom stereocenters. The number of nitrogens with zero attached hydrogens (tertiary/aromatic N) is 3. The zero-order valence-corrected chi connectivity index (χ0v) is 10.4. The van der Waals surface area contributed by atoms with E-state index >= 15 is 0 Å². The number of rotatable bonds is 8. The highest BCUT2D eigenvalue weighted by Gasteiger charge is 2.07. The monoisotopic (exact) mass is 240 g/mol. The molecular formula is C11H20N4O2. The van der Waals surface area contributed by atoms with Gasteiger partial charge in [-0.2, -0.15) is 0 Å². The van der Waals surface area contributed by atoms with Gasteiger partial charge >= 0.3 is 5.97 Å². The second-order valence-corrected chi connectivity index (χ2v) is 4.46. The highest BCUT2D eigenvalue weighted by Crippen LogP contribution is 2.01. The van der Waals surface area contributed by atoms with Crippen molar-refractivity contribution in [1.82, 2.24) is 20.3 Å². The Morgan fingerprint density at radius 1 is 1.53 bits per heavy atom. The Hall–Kier alpha value is -1.43. The molecule has 6 nitrogen and oxygen atoms in total. The van der Waals surface area contributed by atoms with Crippen LogP contribution in [0.5, 0.6) is 0 Å². The lowest BCUT2D eigenvalue weighted by molar-refractivity contribution is 0.0690. The predicted octanol–water partition coefficient (Wildman–Crippen LogP) is 1.00. The van der Waals surface area contributed by atoms with Crippen LogP contribution in [-0.4, -0.2) is 39.2 Å². The van der Waals surface area contributed by atoms with E-state index in [9.17, 15) is 4.79 Å². The third kappa shape index (κ3) is 5.44. The van der Waals surface area contributed by atoms with Crippen LogP contribution < -0.4 is 5.32 Å². The van der Waals surface area contributed by atoms with Crippen LogP contribution in [0, 0.1) is 5.92 Å². The molecule has 0 radical (unpaired) electrons. The van der Waals surface area contributed by atoms with Gasteiger partial charge in [0.25, 0.3) is 0 Å². The Balaban J connectivity index is 2.11. The van der Waals surface area contributed by atoms with E-state index in [0.29, 0.717) is 6.54 Å². The number of aromatic carboxylic acids is 1. The third-order valence-electron chi connectivity index (χ3n) is 2.41. The lowest BCUT2D eigenvalue weighted by atomic mass is 10.1. The second-order valence-electron chi connectivity index (χ2n) is 4.46. The molecule has 2 N–H and O–H groups in total. The number of hydrogen-bond acceptors (Lipinski definition) is 4. The molecule has 17 heavy (non-hydrogen) atoms. The van der Waals surface area contributed by atoms with Crippen LogP contribution in [0.2, 0.25) is 0 Å². The summed E-state index contributed by atoms with van der Waals surface area (Å²) < 4.78 is 1.54. The topological polar surface area (TPSA) is 80.0 Å². The molecule has 0 aliphatic heterocycles. The molecule has 0 aliphatic rings. The number of nitrogens with one attached hydrogen (secondary N) is 1. The molecule has 0 saturated carbocycles. The Kier molecular flexibility index (Phi) is 5.62. The molecule has 0 bridgehead atoms. The maximum absolute atomic E-state index is 10.6. The summed E-state index contributed by atoms with van der Waals surface area (Å²) in [6.45, 7) is 6.83. The molecular weight excluding hydrogens is 220 g/mol. The molecule has 0 atom stereocenters. The van der Waals surface area contributed by atoms with Gasteiger partial charge in [-0.25, -0.2) is 4.79 Å². The van der Waals surface area contributed by atoms with Gasteiger partial charge in [-0.3, -0.25) is 4.68 Å². The summed E-state index contributed by atoms with van der Waals surface area (Å²) in [5.74, 6) is -0.300. The summed E-state index contributed by atoms with van der Waals surface area (Å²) >= 11 is 0. The van der Waals surface area contributed by atoms with Crippen LogP contribution in [0.3, 0.4) is 0 Å². The maximum Gasteiger partial charge on any atom is 0.358 e. The van der Waals surface area contributed by atoms with Gasteiger partial charge in [0.15, 0.2) is 5.69 Å². The molecule has 1 heterocycles. The van der Waals surface area contributed by atoms with E-state index in [1.807, 2.05) is 0 Å². The van der Waals surface area contributed by atoms with Gasteiger partial charge in [-0.15, -0.1) is 5.10 Å². The number of carbonyl (C=O) groups is 1. The zero-order valence-electron chi connectivity index (χ0n) is 10.4. The SMILES string of the molecule is CC(C)CCCNCCn1cc(C(=O)O)nn1. The Morgan fingerprint density at radius 3 is 2.88 bits per heavy atom. The molecule has 1 aromatic rings. The number of carboxylic acid groups (broad SMARTS) is 1. The average Bonchev–Trinajstić information content (AvgIpc) is 2.71. The van der Waals surface area contributed by atoms with Gasteiger partial charge in [0.1, 0.15) is 0 Å². The fraction of sp³-hybridized carbons (Fsp3) is 0.727. The molecule has 6 heteroatoms. The van der Waals surface area contributed by atoms with Crippen molar-refractivity contribution in [1.29, 1.82) is 0 Å². The van der Waals surface area contributed by atoms with Crippen LogP contribution >= 0.6 is 0 Å². The summed E-state index contributed by atoms with van der Waals surface area (Å²) in [7, 11) is 0. The predicted molar refractivity (Wildman–Crippen MR) is 63.9 cm³/mol. The molecule has 0 aliphatic carbocycles. The van der Waals surface area contributed by atoms with Gasteiger partial charge in [-0.1, -0.05) is 19.1 Å². The summed E-state index contributed by atoms with van der Waals surface area (Å²) in [4.78, 5) is 10.6. The normalized spacial score (nSPS) is 11.0. The number of hydrogen-bond donors (Lipinski definition) is 2. The van der Waals surface area contributed by atoms with E-state index in [2.05, 4.69) is 29.5 Å². The van der Waals surface area contributed by atoms with Crippen LogP contribution in [0.15, 0.2) is 6.20 Å². The summed E-state index contributed by atoms with van der Waals surface area (Å²) in [6.07, 6.45) is 3.83. The molecule has 1 aromatic heterocycles. The van der Waals surface area contributed by atoms with E-state index in [4.69, 9.17) is 5.11 Å². The smallest absolute Gasteiger partial charge is 0.358 e. The molecule has 0 saturated heterocycles. The van der Waals surface area contributed by atoms with Crippen molar-refractivity contribution in [2.24, 2.45) is 5.92 Å². The standard InChI is InChI=1S/C11H20N4O2/c1-9(2)4-3-5-12-6-7-15-8-10(11(16)17)13-14-15/h8-9,12H,3-7H2,1-2H3,(H,16,17). The molecule has 1 rings (SSSR count). The second kappa shape index (κ2) is 7.01. The van der Waals surface area contributed by atoms with Crippen molar-refractivity contribution in [3.8, 4) is 0 Å². The Bertz CT molecular complexity index is 349. The molecule has 0 aromatic carbocycles. The van der Waals surface area contributed by atoms with E-state index in [1.54, 1.807) is 4.68 Å². The van der Waals surface area contributed by atoms with E-state index in [1.165, 1.54) is 12.6 Å². The van der Waals surface area contributed by atoms with Crippen molar-refractivity contribution in [2.75, 3.05) is 13.1 Å². The highest BCUT2D eigenvalue weighted by atomic mass is 16.4. The summed E-state index contributed by atoms with van der Waals surface area (Å²) in [6, 6.07) is 0. The van der Waals surface area contributed by atoms with Crippen LogP contribution in [0.1, 0.15) is 37.2 Å². The quantitative estimate of drug-likeness (QED) is 0.663. The van der Waals surface area contributed by atoms with Crippen LogP contribution in [0.4, 0.5) is 0 Å². The largest absolute Gasteiger partial charge is 0.476 e. The summed E-state index contributed by atoms with van der Waals surface area (Å²) in [5.41, 5.74) is -0.00944. The molecule has 0 fully saturated rings. The maximum atomic E-state index is 10.6. The minimum atomic E-state index is -1.04. The van der Waals surface area contributed by atoms with Crippen molar-refractivity contribution < 1.29 is 9.90 Å². The van der Waals surface area contributed by atoms with Crippen molar-refractivity contribution in [3.05, 3.63) is 11.9 Å². The number of aromatic nitrogens is 3. The lowest BCUT2D eigenvalue weighted by Crippen LogP contribution is -2.21. The number of carboxylic acids is 1. The first-order valence-electron chi connectivity index (χ1n) is 5.93. The Morgan fingerprint density at radius 2 is 2.29 bits per heavy atom. The van der Waals surface area contributed by atoms with E-state index < -0.39 is 5.97 Å². The van der Waals surface area contributed by atoms with Crippen molar-refractivity contribution in [3.63, 3.8) is 0 Å². The average molecular weight is 240 g/mol. The molecule has 0 amide bonds. The molecule has 0 spiro atoms. The Labute approximate surface area is 101 Å². The first kappa shape index (κ1) is 13.6. The van der Waals surface area contributed by atoms with Gasteiger partial charge < -0.3 is 10.4 Å². The van der Waals surface area contributed by atoms with E-state index in [-0.39, 0.29) is 5.69 Å². The fourth-order valence-electron chi connectivity index (χ4n) is 1.46. The third-order valence-corrected chi connectivity index (χ3v) is 2.41. The minimum Gasteiger partial charge on any atom is -0.476 e. The lowest BCUT2D eigenvalue weighted by Gasteiger charge is -2.06. The van der Waals surface area contributed by atoms with Crippen molar-refractivity contribution in [2.45, 2.75) is 33.2 Å². The first-order valence-corrected chi connectivity index (χ1v) is 5.93. The van der Waals surface area contributed by atoms with Gasteiger partial charge in [0.05, 0.1) is 12.7 Å². The van der Waals surface area contributed by atoms with Crippen molar-refractivity contribution >= 4 is 5.97 Å². The zero-order chi connectivity index (χ0) is 12.7.